The molecule has 0 fully saturated rings. The molecule has 0 bridgehead atoms. The Morgan fingerprint density at radius 2 is 1.06 bits per heavy atom. The van der Waals surface area contributed by atoms with Gasteiger partial charge in [-0.3, -0.25) is 0 Å². The number of nitrogens with zero attached hydrogens (tertiary/aromatic N) is 3. The lowest BCUT2D eigenvalue weighted by molar-refractivity contribution is 0.595. The molecule has 0 saturated heterocycles. The van der Waals surface area contributed by atoms with Crippen LogP contribution in [0.5, 0.6) is 0 Å². The molecule has 0 radical (unpaired) electrons. The quantitative estimate of drug-likeness (QED) is 0.187. The number of para-hydroxylation sites is 1. The van der Waals surface area contributed by atoms with Gasteiger partial charge in [0.25, 0.3) is 0 Å². The summed E-state index contributed by atoms with van der Waals surface area (Å²) in [4.78, 5) is 15.3. The van der Waals surface area contributed by atoms with Crippen molar-refractivity contribution in [3.05, 3.63) is 157 Å². The zero-order chi connectivity index (χ0) is 34.2. The predicted molar refractivity (Wildman–Crippen MR) is 211 cm³/mol. The summed E-state index contributed by atoms with van der Waals surface area (Å²) in [5.41, 5.74) is 9.03. The van der Waals surface area contributed by atoms with Gasteiger partial charge in [-0.05, 0) is 100 Å². The third-order valence-electron chi connectivity index (χ3n) is 10.4. The second-order valence-corrected chi connectivity index (χ2v) is 13.5. The molecule has 5 nitrogen and oxygen atoms in total. The molecule has 7 aromatic carbocycles. The average molecular weight is 668 g/mol. The van der Waals surface area contributed by atoms with Gasteiger partial charge in [0.05, 0.1) is 0 Å². The molecule has 10 aromatic rings. The minimum atomic E-state index is 0.611. The van der Waals surface area contributed by atoms with Crippen LogP contribution in [-0.2, 0) is 6.42 Å². The van der Waals surface area contributed by atoms with Gasteiger partial charge < -0.3 is 8.83 Å². The minimum Gasteiger partial charge on any atom is -0.456 e. The molecule has 3 heterocycles. The van der Waals surface area contributed by atoms with E-state index < -0.39 is 0 Å². The van der Waals surface area contributed by atoms with Crippen molar-refractivity contribution in [2.45, 2.75) is 12.8 Å². The molecule has 0 aliphatic heterocycles. The number of aryl methyl sites for hydroxylation is 1. The Morgan fingerprint density at radius 1 is 0.442 bits per heavy atom. The molecule has 244 valence electrons. The van der Waals surface area contributed by atoms with E-state index in [1.165, 1.54) is 21.9 Å². The van der Waals surface area contributed by atoms with E-state index in [-0.39, 0.29) is 0 Å². The molecule has 1 aliphatic rings. The van der Waals surface area contributed by atoms with E-state index in [1.807, 2.05) is 30.3 Å². The first kappa shape index (κ1) is 28.9. The number of allylic oxidation sites excluding steroid dienone is 1. The summed E-state index contributed by atoms with van der Waals surface area (Å²) in [6.45, 7) is 0. The summed E-state index contributed by atoms with van der Waals surface area (Å²) >= 11 is 0. The summed E-state index contributed by atoms with van der Waals surface area (Å²) in [7, 11) is 0. The number of hydrogen-bond donors (Lipinski definition) is 0. The van der Waals surface area contributed by atoms with Crippen LogP contribution in [-0.4, -0.2) is 15.0 Å². The fraction of sp³-hybridized carbons (Fsp3) is 0.0426. The van der Waals surface area contributed by atoms with Crippen molar-refractivity contribution in [3.8, 4) is 45.3 Å². The maximum absolute atomic E-state index is 6.26. The van der Waals surface area contributed by atoms with Crippen LogP contribution in [0.15, 0.2) is 154 Å². The SMILES string of the molecule is C1=Cc2oc3cccc(-c4ccc5ccc(-c6nc(-c7ccc8ccccc8c7)nc(-c7ccc8oc9ccccc9c8c7)n6)cc5c4)c3c2CC1. The Hall–Kier alpha value is -6.85. The van der Waals surface area contributed by atoms with Crippen molar-refractivity contribution < 1.29 is 8.83 Å². The number of aromatic nitrogens is 3. The van der Waals surface area contributed by atoms with Gasteiger partial charge in [-0.1, -0.05) is 97.1 Å². The third kappa shape index (κ3) is 4.67. The highest BCUT2D eigenvalue weighted by atomic mass is 16.3. The van der Waals surface area contributed by atoms with Gasteiger partial charge in [-0.2, -0.15) is 0 Å². The smallest absolute Gasteiger partial charge is 0.164 e. The van der Waals surface area contributed by atoms with Crippen LogP contribution in [0.25, 0.3) is 106 Å². The van der Waals surface area contributed by atoms with Gasteiger partial charge in [0.1, 0.15) is 22.5 Å². The Morgan fingerprint density at radius 3 is 1.88 bits per heavy atom. The molecule has 0 spiro atoms. The molecule has 0 saturated carbocycles. The Labute approximate surface area is 298 Å². The van der Waals surface area contributed by atoms with Crippen LogP contribution < -0.4 is 0 Å². The van der Waals surface area contributed by atoms with E-state index in [1.54, 1.807) is 0 Å². The molecule has 5 heteroatoms. The van der Waals surface area contributed by atoms with Crippen LogP contribution in [0.2, 0.25) is 0 Å². The summed E-state index contributed by atoms with van der Waals surface area (Å²) in [6, 6.07) is 48.5. The number of furan rings is 2. The number of fused-ring (bicyclic) bond motifs is 8. The molecular formula is C47H29N3O2. The second-order valence-electron chi connectivity index (χ2n) is 13.5. The van der Waals surface area contributed by atoms with Gasteiger partial charge in [-0.15, -0.1) is 0 Å². The van der Waals surface area contributed by atoms with Crippen molar-refractivity contribution in [2.24, 2.45) is 0 Å². The minimum absolute atomic E-state index is 0.611. The first-order valence-corrected chi connectivity index (χ1v) is 17.6. The maximum atomic E-state index is 6.26. The topological polar surface area (TPSA) is 65.0 Å². The second kappa shape index (κ2) is 11.3. The van der Waals surface area contributed by atoms with Crippen LogP contribution >= 0.6 is 0 Å². The lowest BCUT2D eigenvalue weighted by Gasteiger charge is -2.11. The Kier molecular flexibility index (Phi) is 6.31. The van der Waals surface area contributed by atoms with Gasteiger partial charge in [0.2, 0.25) is 0 Å². The average Bonchev–Trinajstić information content (AvgIpc) is 3.78. The van der Waals surface area contributed by atoms with E-state index in [0.717, 1.165) is 84.5 Å². The predicted octanol–water partition coefficient (Wildman–Crippen LogP) is 12.5. The van der Waals surface area contributed by atoms with Crippen molar-refractivity contribution in [3.63, 3.8) is 0 Å². The highest BCUT2D eigenvalue weighted by Gasteiger charge is 2.19. The van der Waals surface area contributed by atoms with Crippen molar-refractivity contribution in [1.29, 1.82) is 0 Å². The number of rotatable bonds is 4. The van der Waals surface area contributed by atoms with Crippen LogP contribution in [0.3, 0.4) is 0 Å². The lowest BCUT2D eigenvalue weighted by Crippen LogP contribution is -2.00. The zero-order valence-corrected chi connectivity index (χ0v) is 28.0. The van der Waals surface area contributed by atoms with Gasteiger partial charge in [0.15, 0.2) is 17.5 Å². The number of hydrogen-bond acceptors (Lipinski definition) is 5. The fourth-order valence-corrected chi connectivity index (χ4v) is 7.78. The van der Waals surface area contributed by atoms with Crippen molar-refractivity contribution >= 4 is 60.5 Å². The van der Waals surface area contributed by atoms with Crippen LogP contribution in [0.4, 0.5) is 0 Å². The standard InChI is InChI=1S/C47H29N3O2/c1-2-9-30-24-32(20-17-28(30)8-1)45-48-46(50-47(49-45)34-22-23-42-39(27-34)37-10-3-5-13-40(37)51-42)33-21-18-29-16-19-31(25-35(29)26-33)36-12-7-15-43-44(36)38-11-4-6-14-41(38)52-43/h1-3,5-10,12-27H,4,11H2. The van der Waals surface area contributed by atoms with E-state index >= 15 is 0 Å². The van der Waals surface area contributed by atoms with Crippen molar-refractivity contribution in [2.75, 3.05) is 0 Å². The normalized spacial score (nSPS) is 12.8. The molecule has 3 aromatic heterocycles. The van der Waals surface area contributed by atoms with Gasteiger partial charge >= 0.3 is 0 Å². The lowest BCUT2D eigenvalue weighted by atomic mass is 9.93. The maximum Gasteiger partial charge on any atom is 0.164 e. The summed E-state index contributed by atoms with van der Waals surface area (Å²) < 4.78 is 12.4. The van der Waals surface area contributed by atoms with Gasteiger partial charge in [0, 0.05) is 38.4 Å². The molecule has 52 heavy (non-hydrogen) atoms. The molecule has 0 unspecified atom stereocenters. The van der Waals surface area contributed by atoms with Gasteiger partial charge in [-0.25, -0.2) is 15.0 Å². The molecule has 11 rings (SSSR count). The Balaban J connectivity index is 1.08. The van der Waals surface area contributed by atoms with E-state index in [4.69, 9.17) is 23.8 Å². The summed E-state index contributed by atoms with van der Waals surface area (Å²) in [5.74, 6) is 2.84. The van der Waals surface area contributed by atoms with E-state index in [9.17, 15) is 0 Å². The molecule has 0 N–H and O–H groups in total. The molecule has 0 amide bonds. The number of benzene rings is 7. The fourth-order valence-electron chi connectivity index (χ4n) is 7.78. The first-order chi connectivity index (χ1) is 25.7. The zero-order valence-electron chi connectivity index (χ0n) is 28.0. The highest BCUT2D eigenvalue weighted by Crippen LogP contribution is 2.39. The molecule has 1 aliphatic carbocycles. The summed E-state index contributed by atoms with van der Waals surface area (Å²) in [5, 5.41) is 7.89. The molecule has 0 atom stereocenters. The van der Waals surface area contributed by atoms with Crippen LogP contribution in [0, 0.1) is 0 Å². The van der Waals surface area contributed by atoms with Crippen LogP contribution in [0.1, 0.15) is 17.7 Å². The first-order valence-electron chi connectivity index (χ1n) is 17.6. The summed E-state index contributed by atoms with van der Waals surface area (Å²) in [6.07, 6.45) is 6.31. The van der Waals surface area contributed by atoms with E-state index in [0.29, 0.717) is 17.5 Å². The monoisotopic (exact) mass is 667 g/mol. The Bertz CT molecular complexity index is 3090. The van der Waals surface area contributed by atoms with E-state index in [2.05, 4.69) is 121 Å². The van der Waals surface area contributed by atoms with Crippen molar-refractivity contribution in [1.82, 2.24) is 15.0 Å². The highest BCUT2D eigenvalue weighted by molar-refractivity contribution is 6.06. The molecular weight excluding hydrogens is 639 g/mol. The third-order valence-corrected chi connectivity index (χ3v) is 10.4. The largest absolute Gasteiger partial charge is 0.456 e.